The first-order valence-electron chi connectivity index (χ1n) is 4.02. The Morgan fingerprint density at radius 3 is 2.57 bits per heavy atom. The highest BCUT2D eigenvalue weighted by Crippen LogP contribution is 2.06. The summed E-state index contributed by atoms with van der Waals surface area (Å²) in [4.78, 5) is 35.1. The second-order valence-corrected chi connectivity index (χ2v) is 2.78. The van der Waals surface area contributed by atoms with Crippen molar-refractivity contribution in [1.82, 2.24) is 9.55 Å². The fourth-order valence-corrected chi connectivity index (χ4v) is 1.02. The van der Waals surface area contributed by atoms with Crippen LogP contribution in [-0.4, -0.2) is 15.3 Å². The van der Waals surface area contributed by atoms with E-state index in [0.29, 0.717) is 4.57 Å². The van der Waals surface area contributed by atoms with Gasteiger partial charge in [0.25, 0.3) is 5.56 Å². The van der Waals surface area contributed by atoms with Gasteiger partial charge in [-0.3, -0.25) is 14.6 Å². The van der Waals surface area contributed by atoms with Crippen LogP contribution in [0.5, 0.6) is 5.88 Å². The Labute approximate surface area is 78.8 Å². The minimum atomic E-state index is -0.912. The summed E-state index contributed by atoms with van der Waals surface area (Å²) >= 11 is 0. The van der Waals surface area contributed by atoms with Gasteiger partial charge in [0.15, 0.2) is 5.78 Å². The van der Waals surface area contributed by atoms with Gasteiger partial charge in [-0.15, -0.1) is 0 Å². The third-order valence-corrected chi connectivity index (χ3v) is 1.87. The predicted octanol–water partition coefficient (Wildman–Crippen LogP) is -1.26. The molecule has 1 aromatic heterocycles. The molecule has 6 heteroatoms. The van der Waals surface area contributed by atoms with Crippen LogP contribution in [0, 0.1) is 0 Å². The molecule has 0 fully saturated rings. The molecular weight excluding hydrogens is 188 g/mol. The van der Waals surface area contributed by atoms with Crippen molar-refractivity contribution in [3.05, 3.63) is 26.4 Å². The molecule has 0 aliphatic carbocycles. The van der Waals surface area contributed by atoms with Gasteiger partial charge in [-0.25, -0.2) is 4.79 Å². The summed E-state index contributed by atoms with van der Waals surface area (Å²) in [6.45, 7) is 1.53. The molecule has 0 saturated carbocycles. The molecule has 0 bridgehead atoms. The molecule has 6 nitrogen and oxygen atoms in total. The van der Waals surface area contributed by atoms with Crippen molar-refractivity contribution in [1.29, 1.82) is 0 Å². The lowest BCUT2D eigenvalue weighted by atomic mass is 10.1. The van der Waals surface area contributed by atoms with Crippen LogP contribution >= 0.6 is 0 Å². The molecule has 1 aromatic rings. The minimum Gasteiger partial charge on any atom is -0.859 e. The molecular formula is C8H9N2O4-. The van der Waals surface area contributed by atoms with Crippen LogP contribution in [-0.2, 0) is 7.05 Å². The average Bonchev–Trinajstić information content (AvgIpc) is 2.14. The SMILES string of the molecule is CCC(=O)c1c([O-])n(C)c(=O)[nH]c1=O. The van der Waals surface area contributed by atoms with Crippen LogP contribution in [0.15, 0.2) is 9.59 Å². The number of rotatable bonds is 2. The largest absolute Gasteiger partial charge is 0.859 e. The fourth-order valence-electron chi connectivity index (χ4n) is 1.02. The molecule has 0 unspecified atom stereocenters. The first kappa shape index (κ1) is 10.2. The second-order valence-electron chi connectivity index (χ2n) is 2.78. The first-order valence-corrected chi connectivity index (χ1v) is 4.02. The number of hydrogen-bond donors (Lipinski definition) is 1. The van der Waals surface area contributed by atoms with Gasteiger partial charge in [0, 0.05) is 13.5 Å². The molecule has 0 amide bonds. The first-order chi connectivity index (χ1) is 6.49. The molecule has 0 aliphatic heterocycles. The third kappa shape index (κ3) is 1.46. The maximum absolute atomic E-state index is 11.3. The van der Waals surface area contributed by atoms with Crippen molar-refractivity contribution < 1.29 is 9.90 Å². The Bertz CT molecular complexity index is 483. The highest BCUT2D eigenvalue weighted by Gasteiger charge is 2.11. The maximum Gasteiger partial charge on any atom is 0.327 e. The summed E-state index contributed by atoms with van der Waals surface area (Å²) in [7, 11) is 1.20. The minimum absolute atomic E-state index is 0.0521. The van der Waals surface area contributed by atoms with E-state index in [-0.39, 0.29) is 6.42 Å². The van der Waals surface area contributed by atoms with Crippen molar-refractivity contribution in [2.75, 3.05) is 0 Å². The lowest BCUT2D eigenvalue weighted by Gasteiger charge is -2.14. The monoisotopic (exact) mass is 197 g/mol. The van der Waals surface area contributed by atoms with E-state index in [0.717, 1.165) is 0 Å². The van der Waals surface area contributed by atoms with E-state index in [4.69, 9.17) is 0 Å². The van der Waals surface area contributed by atoms with Crippen molar-refractivity contribution in [3.8, 4) is 5.88 Å². The van der Waals surface area contributed by atoms with Gasteiger partial charge in [-0.2, -0.15) is 0 Å². The van der Waals surface area contributed by atoms with Crippen molar-refractivity contribution in [3.63, 3.8) is 0 Å². The molecule has 1 heterocycles. The Kier molecular flexibility index (Phi) is 2.55. The normalized spacial score (nSPS) is 10.1. The summed E-state index contributed by atoms with van der Waals surface area (Å²) in [5.41, 5.74) is -2.20. The molecule has 0 saturated heterocycles. The molecule has 0 aliphatic rings. The van der Waals surface area contributed by atoms with E-state index in [9.17, 15) is 19.5 Å². The fraction of sp³-hybridized carbons (Fsp3) is 0.375. The molecule has 1 rings (SSSR count). The van der Waals surface area contributed by atoms with E-state index < -0.39 is 28.5 Å². The zero-order valence-corrected chi connectivity index (χ0v) is 7.79. The van der Waals surface area contributed by atoms with Crippen LogP contribution in [0.1, 0.15) is 23.7 Å². The highest BCUT2D eigenvalue weighted by molar-refractivity contribution is 5.97. The Hall–Kier alpha value is -1.85. The third-order valence-electron chi connectivity index (χ3n) is 1.87. The number of carbonyl (C=O) groups is 1. The van der Waals surface area contributed by atoms with Gasteiger partial charge in [0.1, 0.15) is 0 Å². The molecule has 0 spiro atoms. The molecule has 1 N–H and O–H groups in total. The van der Waals surface area contributed by atoms with Gasteiger partial charge in [-0.1, -0.05) is 6.92 Å². The smallest absolute Gasteiger partial charge is 0.327 e. The molecule has 14 heavy (non-hydrogen) atoms. The lowest BCUT2D eigenvalue weighted by Crippen LogP contribution is -2.34. The van der Waals surface area contributed by atoms with Gasteiger partial charge in [0.05, 0.1) is 5.56 Å². The highest BCUT2D eigenvalue weighted by atomic mass is 16.3. The summed E-state index contributed by atoms with van der Waals surface area (Å²) in [5.74, 6) is -1.41. The standard InChI is InChI=1S/C8H10N2O4/c1-3-4(11)5-6(12)9-8(14)10(2)7(5)13/h13H,3H2,1-2H3,(H,9,12,14)/p-1. The van der Waals surface area contributed by atoms with Crippen LogP contribution in [0.4, 0.5) is 0 Å². The van der Waals surface area contributed by atoms with E-state index in [1.807, 2.05) is 4.98 Å². The number of hydrogen-bond acceptors (Lipinski definition) is 4. The van der Waals surface area contributed by atoms with Gasteiger partial charge < -0.3 is 9.67 Å². The van der Waals surface area contributed by atoms with Crippen molar-refractivity contribution in [2.24, 2.45) is 7.05 Å². The molecule has 0 atom stereocenters. The van der Waals surface area contributed by atoms with Crippen molar-refractivity contribution >= 4 is 5.78 Å². The average molecular weight is 197 g/mol. The van der Waals surface area contributed by atoms with E-state index >= 15 is 0 Å². The second kappa shape index (κ2) is 3.49. The zero-order valence-electron chi connectivity index (χ0n) is 7.79. The van der Waals surface area contributed by atoms with Crippen LogP contribution < -0.4 is 16.4 Å². The topological polar surface area (TPSA) is 95.0 Å². The maximum atomic E-state index is 11.3. The number of nitrogens with one attached hydrogen (secondary N) is 1. The Balaban J connectivity index is 3.61. The van der Waals surface area contributed by atoms with Crippen LogP contribution in [0.25, 0.3) is 0 Å². The number of nitrogens with zero attached hydrogens (tertiary/aromatic N) is 1. The number of aromatic nitrogens is 2. The van der Waals surface area contributed by atoms with Gasteiger partial charge >= 0.3 is 5.69 Å². The number of Topliss-reactive ketones (excluding diaryl/α,β-unsaturated/α-hetero) is 1. The van der Waals surface area contributed by atoms with Gasteiger partial charge in [-0.05, 0) is 5.88 Å². The van der Waals surface area contributed by atoms with Gasteiger partial charge in [0.2, 0.25) is 0 Å². The number of ketones is 1. The van der Waals surface area contributed by atoms with Crippen LogP contribution in [0.3, 0.4) is 0 Å². The molecule has 0 aromatic carbocycles. The summed E-state index contributed by atoms with van der Waals surface area (Å²) < 4.78 is 0.699. The summed E-state index contributed by atoms with van der Waals surface area (Å²) in [5, 5.41) is 11.3. The quantitative estimate of drug-likeness (QED) is 0.598. The predicted molar refractivity (Wildman–Crippen MR) is 46.4 cm³/mol. The number of aromatic amines is 1. The van der Waals surface area contributed by atoms with E-state index in [1.54, 1.807) is 0 Å². The Morgan fingerprint density at radius 2 is 2.07 bits per heavy atom. The lowest BCUT2D eigenvalue weighted by molar-refractivity contribution is -0.280. The number of H-pyrrole nitrogens is 1. The van der Waals surface area contributed by atoms with E-state index in [2.05, 4.69) is 0 Å². The summed E-state index contributed by atoms with van der Waals surface area (Å²) in [6, 6.07) is 0. The molecule has 0 radical (unpaired) electrons. The van der Waals surface area contributed by atoms with E-state index in [1.165, 1.54) is 14.0 Å². The number of carbonyl (C=O) groups excluding carboxylic acids is 1. The van der Waals surface area contributed by atoms with Crippen molar-refractivity contribution in [2.45, 2.75) is 13.3 Å². The van der Waals surface area contributed by atoms with Crippen LogP contribution in [0.2, 0.25) is 0 Å². The zero-order chi connectivity index (χ0) is 10.9. The summed E-state index contributed by atoms with van der Waals surface area (Å²) in [6.07, 6.45) is 0.0521. The Morgan fingerprint density at radius 1 is 1.50 bits per heavy atom. The molecule has 76 valence electrons.